The Morgan fingerprint density at radius 3 is 3.00 bits per heavy atom. The number of nitrogens with two attached hydrogens (primary N) is 1. The molecule has 1 aliphatic rings. The molecule has 1 aromatic rings. The summed E-state index contributed by atoms with van der Waals surface area (Å²) >= 11 is 0. The molecular formula is C11H14ClNO4. The van der Waals surface area contributed by atoms with Crippen LogP contribution in [0, 0.1) is 0 Å². The average Bonchev–Trinajstić information content (AvgIpc) is 2.76. The lowest BCUT2D eigenvalue weighted by atomic mass is 10.0. The van der Waals surface area contributed by atoms with Gasteiger partial charge in [-0.3, -0.25) is 4.79 Å². The minimum Gasteiger partial charge on any atom is -0.469 e. The molecule has 1 unspecified atom stereocenters. The molecule has 0 saturated carbocycles. The van der Waals surface area contributed by atoms with Gasteiger partial charge in [-0.05, 0) is 6.07 Å². The monoisotopic (exact) mass is 259 g/mol. The fourth-order valence-electron chi connectivity index (χ4n) is 1.62. The van der Waals surface area contributed by atoms with Crippen molar-refractivity contribution in [2.24, 2.45) is 5.73 Å². The van der Waals surface area contributed by atoms with Gasteiger partial charge in [-0.25, -0.2) is 0 Å². The van der Waals surface area contributed by atoms with Gasteiger partial charge in [0.15, 0.2) is 11.5 Å². The number of carbonyl (C=O) groups is 1. The molecule has 2 rings (SSSR count). The largest absolute Gasteiger partial charge is 0.469 e. The summed E-state index contributed by atoms with van der Waals surface area (Å²) < 4.78 is 15.1. The maximum Gasteiger partial charge on any atom is 0.307 e. The Bertz CT molecular complexity index is 410. The lowest BCUT2D eigenvalue weighted by Gasteiger charge is -2.12. The number of hydrogen-bond donors (Lipinski definition) is 1. The Balaban J connectivity index is 0.00000144. The van der Waals surface area contributed by atoms with Gasteiger partial charge in [0.05, 0.1) is 13.5 Å². The third-order valence-electron chi connectivity index (χ3n) is 2.44. The molecule has 1 heterocycles. The van der Waals surface area contributed by atoms with Crippen molar-refractivity contribution in [3.05, 3.63) is 23.8 Å². The van der Waals surface area contributed by atoms with E-state index in [2.05, 4.69) is 4.74 Å². The first-order valence-corrected chi connectivity index (χ1v) is 4.93. The molecule has 1 aliphatic heterocycles. The second kappa shape index (κ2) is 5.75. The van der Waals surface area contributed by atoms with Gasteiger partial charge in [0, 0.05) is 11.6 Å². The Hall–Kier alpha value is -1.46. The van der Waals surface area contributed by atoms with Gasteiger partial charge in [-0.15, -0.1) is 12.4 Å². The molecule has 0 spiro atoms. The highest BCUT2D eigenvalue weighted by Gasteiger charge is 2.22. The predicted molar refractivity (Wildman–Crippen MR) is 63.4 cm³/mol. The van der Waals surface area contributed by atoms with Crippen LogP contribution in [-0.2, 0) is 9.53 Å². The van der Waals surface area contributed by atoms with Crippen LogP contribution in [0.5, 0.6) is 11.5 Å². The average molecular weight is 260 g/mol. The van der Waals surface area contributed by atoms with Crippen molar-refractivity contribution in [1.82, 2.24) is 0 Å². The molecule has 0 aliphatic carbocycles. The van der Waals surface area contributed by atoms with Crippen LogP contribution >= 0.6 is 12.4 Å². The van der Waals surface area contributed by atoms with Crippen molar-refractivity contribution in [1.29, 1.82) is 0 Å². The van der Waals surface area contributed by atoms with E-state index in [1.165, 1.54) is 7.11 Å². The van der Waals surface area contributed by atoms with Crippen molar-refractivity contribution in [3.63, 3.8) is 0 Å². The molecule has 2 N–H and O–H groups in total. The van der Waals surface area contributed by atoms with E-state index in [0.717, 1.165) is 5.56 Å². The fraction of sp³-hybridized carbons (Fsp3) is 0.364. The lowest BCUT2D eigenvalue weighted by Crippen LogP contribution is -2.16. The van der Waals surface area contributed by atoms with E-state index >= 15 is 0 Å². The first-order valence-electron chi connectivity index (χ1n) is 4.93. The number of esters is 1. The number of para-hydroxylation sites is 1. The van der Waals surface area contributed by atoms with Crippen LogP contribution in [0.3, 0.4) is 0 Å². The SMILES string of the molecule is COC(=O)CC(N)c1cccc2c1OCO2.Cl. The van der Waals surface area contributed by atoms with Gasteiger partial charge in [-0.2, -0.15) is 0 Å². The standard InChI is InChI=1S/C11H13NO4.ClH/c1-14-10(13)5-8(12)7-3-2-4-9-11(7)16-6-15-9;/h2-4,8H,5-6,12H2,1H3;1H. The highest BCUT2D eigenvalue weighted by Crippen LogP contribution is 2.38. The molecular weight excluding hydrogens is 246 g/mol. The van der Waals surface area contributed by atoms with E-state index in [0.29, 0.717) is 11.5 Å². The Morgan fingerprint density at radius 2 is 2.29 bits per heavy atom. The van der Waals surface area contributed by atoms with Gasteiger partial charge in [0.25, 0.3) is 0 Å². The number of rotatable bonds is 3. The predicted octanol–water partition coefficient (Wildman–Crippen LogP) is 1.40. The van der Waals surface area contributed by atoms with Crippen LogP contribution in [0.15, 0.2) is 18.2 Å². The molecule has 1 atom stereocenters. The highest BCUT2D eigenvalue weighted by molar-refractivity contribution is 5.85. The summed E-state index contributed by atoms with van der Waals surface area (Å²) in [6.07, 6.45) is 0.121. The maximum atomic E-state index is 11.1. The molecule has 0 fully saturated rings. The van der Waals surface area contributed by atoms with Crippen molar-refractivity contribution in [2.45, 2.75) is 12.5 Å². The van der Waals surface area contributed by atoms with Crippen molar-refractivity contribution in [3.8, 4) is 11.5 Å². The number of halogens is 1. The van der Waals surface area contributed by atoms with Gasteiger partial charge >= 0.3 is 5.97 Å². The summed E-state index contributed by atoms with van der Waals surface area (Å²) in [6, 6.07) is 5.00. The topological polar surface area (TPSA) is 70.8 Å². The lowest BCUT2D eigenvalue weighted by molar-refractivity contribution is -0.141. The van der Waals surface area contributed by atoms with Crippen LogP contribution in [0.25, 0.3) is 0 Å². The summed E-state index contributed by atoms with van der Waals surface area (Å²) in [6.45, 7) is 0.192. The van der Waals surface area contributed by atoms with Crippen molar-refractivity contribution in [2.75, 3.05) is 13.9 Å². The minimum absolute atomic E-state index is 0. The summed E-state index contributed by atoms with van der Waals surface area (Å²) in [5, 5.41) is 0. The number of methoxy groups -OCH3 is 1. The quantitative estimate of drug-likeness (QED) is 0.831. The zero-order chi connectivity index (χ0) is 11.5. The molecule has 0 bridgehead atoms. The summed E-state index contributed by atoms with van der Waals surface area (Å²) in [4.78, 5) is 11.1. The van der Waals surface area contributed by atoms with Crippen LogP contribution in [0.1, 0.15) is 18.0 Å². The smallest absolute Gasteiger partial charge is 0.307 e. The van der Waals surface area contributed by atoms with E-state index in [1.54, 1.807) is 6.07 Å². The first kappa shape index (κ1) is 13.6. The minimum atomic E-state index is -0.441. The number of ether oxygens (including phenoxy) is 3. The van der Waals surface area contributed by atoms with Crippen LogP contribution in [-0.4, -0.2) is 19.9 Å². The molecule has 17 heavy (non-hydrogen) atoms. The van der Waals surface area contributed by atoms with Gasteiger partial charge in [-0.1, -0.05) is 12.1 Å². The molecule has 0 saturated heterocycles. The molecule has 1 aromatic carbocycles. The molecule has 0 radical (unpaired) electrons. The number of benzene rings is 1. The Kier molecular flexibility index (Phi) is 4.60. The molecule has 0 aromatic heterocycles. The first-order chi connectivity index (χ1) is 7.72. The van der Waals surface area contributed by atoms with Gasteiger partial charge < -0.3 is 19.9 Å². The highest BCUT2D eigenvalue weighted by atomic mass is 35.5. The maximum absolute atomic E-state index is 11.1. The Morgan fingerprint density at radius 1 is 1.53 bits per heavy atom. The van der Waals surface area contributed by atoms with Crippen molar-refractivity contribution >= 4 is 18.4 Å². The molecule has 94 valence electrons. The summed E-state index contributed by atoms with van der Waals surface area (Å²) in [7, 11) is 1.34. The van der Waals surface area contributed by atoms with Gasteiger partial charge in [0.2, 0.25) is 6.79 Å². The number of hydrogen-bond acceptors (Lipinski definition) is 5. The molecule has 0 amide bonds. The molecule has 5 nitrogen and oxygen atoms in total. The van der Waals surface area contributed by atoms with Crippen LogP contribution < -0.4 is 15.2 Å². The van der Waals surface area contributed by atoms with E-state index in [4.69, 9.17) is 15.2 Å². The summed E-state index contributed by atoms with van der Waals surface area (Å²) in [5.41, 5.74) is 6.67. The normalized spacial score (nSPS) is 13.8. The van der Waals surface area contributed by atoms with E-state index in [9.17, 15) is 4.79 Å². The number of fused-ring (bicyclic) bond motifs is 1. The van der Waals surface area contributed by atoms with Crippen LogP contribution in [0.4, 0.5) is 0 Å². The van der Waals surface area contributed by atoms with Gasteiger partial charge in [0.1, 0.15) is 0 Å². The fourth-order valence-corrected chi connectivity index (χ4v) is 1.62. The number of carbonyl (C=O) groups excluding carboxylic acids is 1. The second-order valence-corrected chi connectivity index (χ2v) is 3.47. The van der Waals surface area contributed by atoms with Crippen molar-refractivity contribution < 1.29 is 19.0 Å². The van der Waals surface area contributed by atoms with E-state index in [1.807, 2.05) is 12.1 Å². The zero-order valence-corrected chi connectivity index (χ0v) is 10.2. The van der Waals surface area contributed by atoms with Crippen LogP contribution in [0.2, 0.25) is 0 Å². The Labute approximate surface area is 105 Å². The van der Waals surface area contributed by atoms with E-state index in [-0.39, 0.29) is 31.6 Å². The third kappa shape index (κ3) is 2.81. The third-order valence-corrected chi connectivity index (χ3v) is 2.44. The second-order valence-electron chi connectivity index (χ2n) is 3.47. The summed E-state index contributed by atoms with van der Waals surface area (Å²) in [5.74, 6) is 0.945. The zero-order valence-electron chi connectivity index (χ0n) is 9.34. The van der Waals surface area contributed by atoms with E-state index < -0.39 is 6.04 Å². The molecule has 6 heteroatoms.